The number of carbonyl (C=O) groups excluding carboxylic acids is 1. The Morgan fingerprint density at radius 2 is 1.71 bits per heavy atom. The zero-order valence-corrected chi connectivity index (χ0v) is 16.2. The fourth-order valence-electron chi connectivity index (χ4n) is 3.89. The van der Waals surface area contributed by atoms with Crippen LogP contribution >= 0.6 is 0 Å². The first-order valence-electron chi connectivity index (χ1n) is 9.69. The van der Waals surface area contributed by atoms with E-state index in [9.17, 15) is 18.0 Å². The van der Waals surface area contributed by atoms with Gasteiger partial charge in [0.15, 0.2) is 0 Å². The fourth-order valence-corrected chi connectivity index (χ4v) is 3.89. The van der Waals surface area contributed by atoms with E-state index in [0.29, 0.717) is 11.6 Å². The fraction of sp³-hybridized carbons (Fsp3) is 0.391. The number of halogens is 3. The quantitative estimate of drug-likeness (QED) is 0.602. The Hall–Kier alpha value is -2.30. The maximum absolute atomic E-state index is 12.9. The van der Waals surface area contributed by atoms with Gasteiger partial charge < -0.3 is 5.32 Å². The second-order valence-corrected chi connectivity index (χ2v) is 7.67. The molecule has 28 heavy (non-hydrogen) atoms. The van der Waals surface area contributed by atoms with E-state index in [1.807, 2.05) is 18.2 Å². The van der Waals surface area contributed by atoms with Gasteiger partial charge in [-0.05, 0) is 66.1 Å². The zero-order valence-electron chi connectivity index (χ0n) is 16.2. The maximum atomic E-state index is 12.9. The van der Waals surface area contributed by atoms with Gasteiger partial charge in [-0.25, -0.2) is 0 Å². The summed E-state index contributed by atoms with van der Waals surface area (Å²) in [5.74, 6) is 1.14. The Bertz CT molecular complexity index is 836. The molecule has 0 aliphatic heterocycles. The molecule has 1 aliphatic carbocycles. The molecule has 149 valence electrons. The van der Waals surface area contributed by atoms with Crippen molar-refractivity contribution in [2.24, 2.45) is 0 Å². The highest BCUT2D eigenvalue weighted by Gasteiger charge is 2.31. The first-order valence-corrected chi connectivity index (χ1v) is 9.69. The molecule has 0 saturated heterocycles. The van der Waals surface area contributed by atoms with Crippen LogP contribution in [-0.4, -0.2) is 5.91 Å². The maximum Gasteiger partial charge on any atom is 0.416 e. The zero-order chi connectivity index (χ0) is 20.3. The minimum absolute atomic E-state index is 0.00338. The second-order valence-electron chi connectivity index (χ2n) is 7.67. The summed E-state index contributed by atoms with van der Waals surface area (Å²) in [5.41, 5.74) is 2.21. The molecule has 1 saturated carbocycles. The highest BCUT2D eigenvalue weighted by atomic mass is 19.4. The van der Waals surface area contributed by atoms with Gasteiger partial charge in [-0.15, -0.1) is 0 Å². The van der Waals surface area contributed by atoms with Crippen molar-refractivity contribution < 1.29 is 18.0 Å². The lowest BCUT2D eigenvalue weighted by Gasteiger charge is -2.26. The molecule has 0 spiro atoms. The van der Waals surface area contributed by atoms with Gasteiger partial charge in [0.25, 0.3) is 5.91 Å². The monoisotopic (exact) mass is 388 g/mol. The highest BCUT2D eigenvalue weighted by Crippen LogP contribution is 2.38. The molecule has 1 fully saturated rings. The van der Waals surface area contributed by atoms with Gasteiger partial charge in [0.05, 0.1) is 5.56 Å². The van der Waals surface area contributed by atoms with Gasteiger partial charge >= 0.3 is 6.18 Å². The third kappa shape index (κ3) is 4.75. The van der Waals surface area contributed by atoms with Gasteiger partial charge in [0.2, 0.25) is 0 Å². The van der Waals surface area contributed by atoms with Gasteiger partial charge in [-0.1, -0.05) is 45.2 Å². The lowest BCUT2D eigenvalue weighted by Crippen LogP contribution is -2.15. The third-order valence-electron chi connectivity index (χ3n) is 5.35. The van der Waals surface area contributed by atoms with Gasteiger partial charge in [-0.3, -0.25) is 4.79 Å². The highest BCUT2D eigenvalue weighted by molar-refractivity contribution is 6.04. The Labute approximate surface area is 164 Å². The topological polar surface area (TPSA) is 29.1 Å². The number of nitrogens with one attached hydrogen (secondary N) is 1. The molecule has 1 aliphatic rings. The van der Waals surface area contributed by atoms with Crippen molar-refractivity contribution in [1.82, 2.24) is 0 Å². The van der Waals surface area contributed by atoms with E-state index in [2.05, 4.69) is 19.2 Å². The van der Waals surface area contributed by atoms with Gasteiger partial charge in [-0.2, -0.15) is 13.2 Å². The molecule has 3 rings (SSSR count). The standard InChI is InChI=1S/C23H25F3NO/c1-15(2)20-12-11-19(14-21(20)16-7-4-3-5-8-16)27-22(28)17-9-6-10-18(13-17)23(24,25)26/h6,9-14,16H,3-5,7-8H2,1-2H3,(H,27,28). The Morgan fingerprint density at radius 1 is 1.00 bits per heavy atom. The molecule has 5 heteroatoms. The van der Waals surface area contributed by atoms with E-state index in [1.54, 1.807) is 0 Å². The summed E-state index contributed by atoms with van der Waals surface area (Å²) in [6.45, 7) is 4.14. The number of alkyl halides is 3. The summed E-state index contributed by atoms with van der Waals surface area (Å²) in [6, 6.07) is 10.3. The summed E-state index contributed by atoms with van der Waals surface area (Å²) >= 11 is 0. The molecular formula is C23H25F3NO. The van der Waals surface area contributed by atoms with E-state index in [1.165, 1.54) is 48.4 Å². The molecule has 0 heterocycles. The molecule has 2 aromatic rings. The van der Waals surface area contributed by atoms with Crippen LogP contribution in [-0.2, 0) is 6.18 Å². The molecule has 2 aromatic carbocycles. The van der Waals surface area contributed by atoms with Crippen LogP contribution < -0.4 is 5.32 Å². The van der Waals surface area contributed by atoms with Crippen molar-refractivity contribution in [3.63, 3.8) is 0 Å². The molecule has 1 N–H and O–H groups in total. The van der Waals surface area contributed by atoms with Crippen LogP contribution in [0.25, 0.3) is 0 Å². The molecule has 0 unspecified atom stereocenters. The average Bonchev–Trinajstić information content (AvgIpc) is 2.68. The summed E-state index contributed by atoms with van der Waals surface area (Å²) in [4.78, 5) is 12.5. The largest absolute Gasteiger partial charge is 0.416 e. The predicted octanol–water partition coefficient (Wildman–Crippen LogP) is 6.97. The summed E-state index contributed by atoms with van der Waals surface area (Å²) < 4.78 is 38.7. The number of hydrogen-bond acceptors (Lipinski definition) is 1. The van der Waals surface area contributed by atoms with Crippen molar-refractivity contribution in [2.45, 2.75) is 58.0 Å². The van der Waals surface area contributed by atoms with Crippen molar-refractivity contribution in [1.29, 1.82) is 0 Å². The Morgan fingerprint density at radius 3 is 2.36 bits per heavy atom. The number of rotatable bonds is 4. The Kier molecular flexibility index (Phi) is 6.11. The summed E-state index contributed by atoms with van der Waals surface area (Å²) in [5, 5.41) is 2.77. The number of hydrogen-bond donors (Lipinski definition) is 1. The lowest BCUT2D eigenvalue weighted by molar-refractivity contribution is -0.137. The molecule has 0 bridgehead atoms. The molecule has 0 aromatic heterocycles. The Balaban J connectivity index is 1.85. The smallest absolute Gasteiger partial charge is 0.322 e. The number of benzene rings is 2. The molecule has 1 amide bonds. The summed E-state index contributed by atoms with van der Waals surface area (Å²) in [6.07, 6.45) is 1.45. The van der Waals surface area contributed by atoms with Crippen molar-refractivity contribution in [3.8, 4) is 0 Å². The van der Waals surface area contributed by atoms with E-state index in [4.69, 9.17) is 0 Å². The van der Waals surface area contributed by atoms with Crippen LogP contribution in [0.1, 0.15) is 78.9 Å². The molecule has 1 radical (unpaired) electrons. The summed E-state index contributed by atoms with van der Waals surface area (Å²) in [7, 11) is 0. The van der Waals surface area contributed by atoms with Crippen LogP contribution in [0.3, 0.4) is 0 Å². The van der Waals surface area contributed by atoms with Crippen LogP contribution in [0.2, 0.25) is 0 Å². The minimum Gasteiger partial charge on any atom is -0.322 e. The van der Waals surface area contributed by atoms with Crippen LogP contribution in [0.4, 0.5) is 18.9 Å². The lowest BCUT2D eigenvalue weighted by atomic mass is 9.80. The van der Waals surface area contributed by atoms with Crippen molar-refractivity contribution >= 4 is 11.6 Å². The number of carbonyl (C=O) groups is 1. The van der Waals surface area contributed by atoms with E-state index >= 15 is 0 Å². The van der Waals surface area contributed by atoms with Crippen molar-refractivity contribution in [3.05, 3.63) is 70.6 Å². The first kappa shape index (κ1) is 20.4. The normalized spacial score (nSPS) is 15.6. The third-order valence-corrected chi connectivity index (χ3v) is 5.35. The molecular weight excluding hydrogens is 363 g/mol. The van der Waals surface area contributed by atoms with Crippen LogP contribution in [0, 0.1) is 5.92 Å². The van der Waals surface area contributed by atoms with Crippen LogP contribution in [0.5, 0.6) is 0 Å². The molecule has 2 nitrogen and oxygen atoms in total. The minimum atomic E-state index is -4.47. The van der Waals surface area contributed by atoms with E-state index in [-0.39, 0.29) is 5.56 Å². The van der Waals surface area contributed by atoms with Gasteiger partial charge in [0.1, 0.15) is 0 Å². The number of anilines is 1. The van der Waals surface area contributed by atoms with Crippen molar-refractivity contribution in [2.75, 3.05) is 5.32 Å². The number of amides is 1. The van der Waals surface area contributed by atoms with E-state index < -0.39 is 17.6 Å². The predicted molar refractivity (Wildman–Crippen MR) is 105 cm³/mol. The first-order chi connectivity index (χ1) is 13.3. The SMILES string of the molecule is C[C](C)c1ccc(NC(=O)c2cccc(C(F)(F)F)c2)cc1C1CCCCC1. The van der Waals surface area contributed by atoms with Gasteiger partial charge in [0, 0.05) is 11.3 Å². The van der Waals surface area contributed by atoms with E-state index in [0.717, 1.165) is 25.0 Å². The average molecular weight is 388 g/mol. The van der Waals surface area contributed by atoms with Crippen LogP contribution in [0.15, 0.2) is 42.5 Å². The second kappa shape index (κ2) is 8.38. The molecule has 0 atom stereocenters.